The van der Waals surface area contributed by atoms with Crippen molar-refractivity contribution in [3.05, 3.63) is 57.0 Å². The molecule has 0 unspecified atom stereocenters. The average Bonchev–Trinajstić information content (AvgIpc) is 2.46. The van der Waals surface area contributed by atoms with Crippen LogP contribution in [-0.2, 0) is 0 Å². The Labute approximate surface area is 140 Å². The van der Waals surface area contributed by atoms with Gasteiger partial charge in [-0.1, -0.05) is 27.5 Å². The van der Waals surface area contributed by atoms with Gasteiger partial charge in [0.05, 0.1) is 23.3 Å². The summed E-state index contributed by atoms with van der Waals surface area (Å²) in [7, 11) is 1.47. The number of carboxylic acid groups (broad SMARTS) is 1. The van der Waals surface area contributed by atoms with Crippen LogP contribution < -0.4 is 10.1 Å². The van der Waals surface area contributed by atoms with E-state index in [0.717, 1.165) is 4.47 Å². The van der Waals surface area contributed by atoms with Gasteiger partial charge in [-0.25, -0.2) is 4.79 Å². The fourth-order valence-electron chi connectivity index (χ4n) is 1.82. The molecular weight excluding hydrogens is 374 g/mol. The van der Waals surface area contributed by atoms with E-state index in [1.165, 1.54) is 25.3 Å². The first-order valence-electron chi connectivity index (χ1n) is 6.10. The summed E-state index contributed by atoms with van der Waals surface area (Å²) >= 11 is 9.17. The number of benzene rings is 2. The highest BCUT2D eigenvalue weighted by Crippen LogP contribution is 2.25. The molecule has 0 aliphatic rings. The van der Waals surface area contributed by atoms with Crippen molar-refractivity contribution >= 4 is 45.1 Å². The molecular formula is C15H11BrClNO4. The van der Waals surface area contributed by atoms with Crippen LogP contribution in [0.1, 0.15) is 20.7 Å². The number of amides is 1. The van der Waals surface area contributed by atoms with Gasteiger partial charge in [-0.15, -0.1) is 0 Å². The lowest BCUT2D eigenvalue weighted by molar-refractivity contribution is 0.0697. The Morgan fingerprint density at radius 1 is 1.18 bits per heavy atom. The highest BCUT2D eigenvalue weighted by atomic mass is 79.9. The topological polar surface area (TPSA) is 75.6 Å². The van der Waals surface area contributed by atoms with Crippen LogP contribution >= 0.6 is 27.5 Å². The van der Waals surface area contributed by atoms with Gasteiger partial charge in [0, 0.05) is 10.2 Å². The van der Waals surface area contributed by atoms with Crippen LogP contribution in [0.4, 0.5) is 5.69 Å². The van der Waals surface area contributed by atoms with E-state index in [0.29, 0.717) is 17.0 Å². The lowest BCUT2D eigenvalue weighted by Crippen LogP contribution is -2.13. The minimum atomic E-state index is -1.13. The van der Waals surface area contributed by atoms with Gasteiger partial charge >= 0.3 is 5.97 Å². The number of methoxy groups -OCH3 is 1. The van der Waals surface area contributed by atoms with Crippen LogP contribution in [0, 0.1) is 0 Å². The van der Waals surface area contributed by atoms with E-state index >= 15 is 0 Å². The predicted molar refractivity (Wildman–Crippen MR) is 87.1 cm³/mol. The van der Waals surface area contributed by atoms with E-state index in [9.17, 15) is 9.59 Å². The molecule has 0 bridgehead atoms. The van der Waals surface area contributed by atoms with Crippen LogP contribution in [0.2, 0.25) is 5.02 Å². The first-order chi connectivity index (χ1) is 10.4. The van der Waals surface area contributed by atoms with E-state index in [2.05, 4.69) is 21.2 Å². The minimum absolute atomic E-state index is 0.0281. The molecule has 22 heavy (non-hydrogen) atoms. The largest absolute Gasteiger partial charge is 0.496 e. The minimum Gasteiger partial charge on any atom is -0.496 e. The summed E-state index contributed by atoms with van der Waals surface area (Å²) in [6, 6.07) is 9.23. The summed E-state index contributed by atoms with van der Waals surface area (Å²) < 4.78 is 5.88. The summed E-state index contributed by atoms with van der Waals surface area (Å²) in [5.41, 5.74) is 0.706. The second-order valence-corrected chi connectivity index (χ2v) is 5.62. The third-order valence-electron chi connectivity index (χ3n) is 2.86. The number of carboxylic acids is 1. The second-order valence-electron chi connectivity index (χ2n) is 4.30. The van der Waals surface area contributed by atoms with Gasteiger partial charge < -0.3 is 15.2 Å². The number of hydrogen-bond acceptors (Lipinski definition) is 3. The van der Waals surface area contributed by atoms with E-state index in [1.54, 1.807) is 18.2 Å². The molecule has 0 atom stereocenters. The fourth-order valence-corrected chi connectivity index (χ4v) is 2.44. The van der Waals surface area contributed by atoms with E-state index in [4.69, 9.17) is 21.4 Å². The van der Waals surface area contributed by atoms with Gasteiger partial charge in [0.1, 0.15) is 5.75 Å². The van der Waals surface area contributed by atoms with Crippen LogP contribution in [0.3, 0.4) is 0 Å². The van der Waals surface area contributed by atoms with Gasteiger partial charge in [0.25, 0.3) is 5.91 Å². The van der Waals surface area contributed by atoms with Crippen molar-refractivity contribution in [2.45, 2.75) is 0 Å². The Bertz CT molecular complexity index is 748. The Morgan fingerprint density at radius 2 is 1.91 bits per heavy atom. The number of nitrogens with one attached hydrogen (secondary N) is 1. The van der Waals surface area contributed by atoms with Crippen molar-refractivity contribution in [2.24, 2.45) is 0 Å². The predicted octanol–water partition coefficient (Wildman–Crippen LogP) is 4.06. The molecule has 2 aromatic carbocycles. The number of aromatic carboxylic acids is 1. The molecule has 0 fully saturated rings. The Hall–Kier alpha value is -2.05. The summed E-state index contributed by atoms with van der Waals surface area (Å²) in [5, 5.41) is 11.6. The zero-order valence-corrected chi connectivity index (χ0v) is 13.7. The molecule has 0 aromatic heterocycles. The van der Waals surface area contributed by atoms with Crippen molar-refractivity contribution in [1.82, 2.24) is 0 Å². The molecule has 2 rings (SSSR count). The van der Waals surface area contributed by atoms with Gasteiger partial charge in [-0.2, -0.15) is 0 Å². The number of hydrogen-bond donors (Lipinski definition) is 2. The zero-order chi connectivity index (χ0) is 16.3. The summed E-state index contributed by atoms with van der Waals surface area (Å²) in [5.74, 6) is -1.09. The number of ether oxygens (including phenoxy) is 1. The molecule has 0 spiro atoms. The van der Waals surface area contributed by atoms with E-state index < -0.39 is 11.9 Å². The second kappa shape index (κ2) is 6.81. The highest BCUT2D eigenvalue weighted by Gasteiger charge is 2.15. The number of halogens is 2. The number of anilines is 1. The first kappa shape index (κ1) is 16.3. The molecule has 0 aliphatic carbocycles. The third-order valence-corrected chi connectivity index (χ3v) is 3.67. The van der Waals surface area contributed by atoms with Gasteiger partial charge in [0.15, 0.2) is 0 Å². The monoisotopic (exact) mass is 383 g/mol. The molecule has 2 aromatic rings. The van der Waals surface area contributed by atoms with Crippen molar-refractivity contribution in [3.63, 3.8) is 0 Å². The molecule has 2 N–H and O–H groups in total. The van der Waals surface area contributed by atoms with Crippen LogP contribution in [0.25, 0.3) is 0 Å². The quantitative estimate of drug-likeness (QED) is 0.833. The molecule has 0 aliphatic heterocycles. The fraction of sp³-hybridized carbons (Fsp3) is 0.0667. The number of rotatable bonds is 4. The van der Waals surface area contributed by atoms with Gasteiger partial charge in [0.2, 0.25) is 0 Å². The van der Waals surface area contributed by atoms with Gasteiger partial charge in [-0.3, -0.25) is 4.79 Å². The molecule has 114 valence electrons. The lowest BCUT2D eigenvalue weighted by Gasteiger charge is -2.10. The van der Waals surface area contributed by atoms with Gasteiger partial charge in [-0.05, 0) is 36.4 Å². The van der Waals surface area contributed by atoms with Crippen LogP contribution in [-0.4, -0.2) is 24.1 Å². The normalized spacial score (nSPS) is 10.1. The SMILES string of the molecule is COc1ccc(Br)cc1C(=O)Nc1ccc(C(=O)O)c(Cl)c1. The summed E-state index contributed by atoms with van der Waals surface area (Å²) in [6.45, 7) is 0. The molecule has 0 saturated heterocycles. The Kier molecular flexibility index (Phi) is 5.05. The lowest BCUT2D eigenvalue weighted by atomic mass is 10.1. The van der Waals surface area contributed by atoms with Crippen molar-refractivity contribution < 1.29 is 19.4 Å². The van der Waals surface area contributed by atoms with E-state index in [-0.39, 0.29) is 10.6 Å². The molecule has 0 saturated carbocycles. The molecule has 7 heteroatoms. The van der Waals surface area contributed by atoms with Crippen molar-refractivity contribution in [3.8, 4) is 5.75 Å². The first-order valence-corrected chi connectivity index (χ1v) is 7.27. The molecule has 0 radical (unpaired) electrons. The Morgan fingerprint density at radius 3 is 2.50 bits per heavy atom. The number of carbonyl (C=O) groups excluding carboxylic acids is 1. The standard InChI is InChI=1S/C15H11BrClNO4/c1-22-13-5-2-8(16)6-11(13)14(19)18-9-3-4-10(15(20)21)12(17)7-9/h2-7H,1H3,(H,18,19)(H,20,21). The molecule has 5 nitrogen and oxygen atoms in total. The summed E-state index contributed by atoms with van der Waals surface area (Å²) in [6.07, 6.45) is 0. The van der Waals surface area contributed by atoms with Crippen LogP contribution in [0.5, 0.6) is 5.75 Å². The summed E-state index contributed by atoms with van der Waals surface area (Å²) in [4.78, 5) is 23.2. The smallest absolute Gasteiger partial charge is 0.337 e. The van der Waals surface area contributed by atoms with E-state index in [1.807, 2.05) is 0 Å². The third kappa shape index (κ3) is 3.58. The number of carbonyl (C=O) groups is 2. The zero-order valence-electron chi connectivity index (χ0n) is 11.4. The maximum absolute atomic E-state index is 12.3. The van der Waals surface area contributed by atoms with Crippen LogP contribution in [0.15, 0.2) is 40.9 Å². The van der Waals surface area contributed by atoms with Crippen molar-refractivity contribution in [2.75, 3.05) is 12.4 Å². The molecule has 0 heterocycles. The highest BCUT2D eigenvalue weighted by molar-refractivity contribution is 9.10. The maximum atomic E-state index is 12.3. The maximum Gasteiger partial charge on any atom is 0.337 e. The van der Waals surface area contributed by atoms with Crippen molar-refractivity contribution in [1.29, 1.82) is 0 Å². The molecule has 1 amide bonds. The Balaban J connectivity index is 2.28. The average molecular weight is 385 g/mol.